The zero-order chi connectivity index (χ0) is 25.3. The van der Waals surface area contributed by atoms with Crippen LogP contribution in [0.2, 0.25) is 5.02 Å². The number of ether oxygens (including phenoxy) is 3. The van der Waals surface area contributed by atoms with E-state index in [1.807, 2.05) is 0 Å². The summed E-state index contributed by atoms with van der Waals surface area (Å²) < 4.78 is 56.5. The number of hydrogen-bond acceptors (Lipinski definition) is 6. The van der Waals surface area contributed by atoms with E-state index in [-0.39, 0.29) is 11.3 Å². The van der Waals surface area contributed by atoms with Crippen LogP contribution in [0.1, 0.15) is 37.6 Å². The van der Waals surface area contributed by atoms with E-state index in [2.05, 4.69) is 5.32 Å². The van der Waals surface area contributed by atoms with E-state index >= 15 is 0 Å². The number of esters is 1. The van der Waals surface area contributed by atoms with Crippen LogP contribution < -0.4 is 5.32 Å². The maximum absolute atomic E-state index is 13.4. The van der Waals surface area contributed by atoms with Crippen molar-refractivity contribution < 1.29 is 37.0 Å². The number of carbonyl (C=O) groups excluding carboxylic acids is 2. The summed E-state index contributed by atoms with van der Waals surface area (Å²) in [7, 11) is 1.48. The molecule has 2 aromatic carbocycles. The van der Waals surface area contributed by atoms with E-state index in [0.29, 0.717) is 34.2 Å². The van der Waals surface area contributed by atoms with Gasteiger partial charge in [0, 0.05) is 47.6 Å². The summed E-state index contributed by atoms with van der Waals surface area (Å²) >= 11 is 7.52. The summed E-state index contributed by atoms with van der Waals surface area (Å²) in [6.45, 7) is 5.02. The predicted octanol–water partition coefficient (Wildman–Crippen LogP) is 5.58. The van der Waals surface area contributed by atoms with Crippen molar-refractivity contribution in [1.29, 1.82) is 0 Å². The number of amides is 1. The van der Waals surface area contributed by atoms with Crippen LogP contribution in [-0.2, 0) is 19.0 Å². The van der Waals surface area contributed by atoms with Crippen molar-refractivity contribution in [2.24, 2.45) is 0 Å². The first kappa shape index (κ1) is 26.3. The van der Waals surface area contributed by atoms with Crippen LogP contribution in [0.15, 0.2) is 35.2 Å². The highest BCUT2D eigenvalue weighted by atomic mass is 35.5. The molecule has 3 rings (SSSR count). The second-order valence-corrected chi connectivity index (χ2v) is 9.80. The maximum atomic E-state index is 13.4. The van der Waals surface area contributed by atoms with Gasteiger partial charge < -0.3 is 19.5 Å². The third-order valence-corrected chi connectivity index (χ3v) is 6.77. The minimum atomic E-state index is -1.62. The largest absolute Gasteiger partial charge is 0.459 e. The summed E-state index contributed by atoms with van der Waals surface area (Å²) in [5.41, 5.74) is -1.24. The number of thioether (sulfide) groups is 1. The second kappa shape index (κ2) is 10.2. The lowest BCUT2D eigenvalue weighted by Crippen LogP contribution is -2.43. The van der Waals surface area contributed by atoms with Crippen LogP contribution in [0.3, 0.4) is 0 Å². The molecule has 0 bridgehead atoms. The molecule has 184 valence electrons. The molecule has 34 heavy (non-hydrogen) atoms. The van der Waals surface area contributed by atoms with Crippen molar-refractivity contribution in [2.75, 3.05) is 18.2 Å². The lowest BCUT2D eigenvalue weighted by Gasteiger charge is -2.31. The Kier molecular flexibility index (Phi) is 7.86. The van der Waals surface area contributed by atoms with Gasteiger partial charge in [0.1, 0.15) is 6.10 Å². The molecule has 2 aromatic rings. The first-order valence-electron chi connectivity index (χ1n) is 10.2. The zero-order valence-electron chi connectivity index (χ0n) is 18.8. The number of benzene rings is 2. The van der Waals surface area contributed by atoms with Gasteiger partial charge in [-0.15, -0.1) is 11.8 Å². The minimum absolute atomic E-state index is 0.162. The van der Waals surface area contributed by atoms with Crippen LogP contribution in [0, 0.1) is 17.5 Å². The Labute approximate surface area is 204 Å². The molecule has 0 aromatic heterocycles. The van der Waals surface area contributed by atoms with Crippen molar-refractivity contribution in [2.45, 2.75) is 49.6 Å². The van der Waals surface area contributed by atoms with Gasteiger partial charge in [-0.25, -0.2) is 18.0 Å². The van der Waals surface area contributed by atoms with Crippen LogP contribution in [0.5, 0.6) is 0 Å². The van der Waals surface area contributed by atoms with Crippen LogP contribution in [-0.4, -0.2) is 42.2 Å². The number of nitrogens with one attached hydrogen (secondary N) is 1. The minimum Gasteiger partial charge on any atom is -0.459 e. The fourth-order valence-electron chi connectivity index (χ4n) is 3.36. The molecule has 0 radical (unpaired) electrons. The average molecular weight is 518 g/mol. The molecule has 6 nitrogen and oxygen atoms in total. The van der Waals surface area contributed by atoms with Gasteiger partial charge in [-0.05, 0) is 39.0 Å². The fraction of sp³-hybridized carbons (Fsp3) is 0.391. The first-order valence-corrected chi connectivity index (χ1v) is 11.5. The highest BCUT2D eigenvalue weighted by Crippen LogP contribution is 2.37. The van der Waals surface area contributed by atoms with Gasteiger partial charge in [0.15, 0.2) is 28.8 Å². The fourth-order valence-corrected chi connectivity index (χ4v) is 4.61. The molecule has 1 amide bonds. The molecule has 1 aliphatic rings. The molecule has 1 N–H and O–H groups in total. The average Bonchev–Trinajstić information content (AvgIpc) is 3.03. The Morgan fingerprint density at radius 2 is 1.91 bits per heavy atom. The highest BCUT2D eigenvalue weighted by Gasteiger charge is 2.49. The maximum Gasteiger partial charge on any atom is 0.338 e. The quantitative estimate of drug-likeness (QED) is 0.213. The van der Waals surface area contributed by atoms with Gasteiger partial charge >= 0.3 is 5.97 Å². The number of methoxy groups -OCH3 is 1. The zero-order valence-corrected chi connectivity index (χ0v) is 20.4. The van der Waals surface area contributed by atoms with Crippen molar-refractivity contribution in [3.05, 3.63) is 58.4 Å². The number of carbonyl (C=O) groups is 2. The van der Waals surface area contributed by atoms with Gasteiger partial charge in [-0.2, -0.15) is 0 Å². The van der Waals surface area contributed by atoms with Gasteiger partial charge in [0.05, 0.1) is 5.02 Å². The number of anilines is 1. The van der Waals surface area contributed by atoms with Gasteiger partial charge in [-0.3, -0.25) is 4.79 Å². The van der Waals surface area contributed by atoms with Crippen molar-refractivity contribution in [3.8, 4) is 0 Å². The van der Waals surface area contributed by atoms with Crippen molar-refractivity contribution in [3.63, 3.8) is 0 Å². The molecule has 1 heterocycles. The second-order valence-electron chi connectivity index (χ2n) is 8.33. The van der Waals surface area contributed by atoms with E-state index in [1.54, 1.807) is 20.8 Å². The molecule has 1 fully saturated rings. The lowest BCUT2D eigenvalue weighted by atomic mass is 10.0. The third kappa shape index (κ3) is 6.04. The molecule has 0 aliphatic carbocycles. The summed E-state index contributed by atoms with van der Waals surface area (Å²) in [6.07, 6.45) is -0.167. The number of rotatable bonds is 8. The Hall–Kier alpha value is -2.27. The van der Waals surface area contributed by atoms with E-state index in [9.17, 15) is 22.8 Å². The monoisotopic (exact) mass is 517 g/mol. The normalized spacial score (nSPS) is 20.4. The van der Waals surface area contributed by atoms with E-state index in [4.69, 9.17) is 25.8 Å². The van der Waals surface area contributed by atoms with Crippen LogP contribution in [0.25, 0.3) is 0 Å². The molecule has 1 aliphatic heterocycles. The summed E-state index contributed by atoms with van der Waals surface area (Å²) in [5, 5.41) is 2.68. The smallest absolute Gasteiger partial charge is 0.338 e. The number of halogens is 4. The Balaban J connectivity index is 1.67. The highest BCUT2D eigenvalue weighted by molar-refractivity contribution is 7.99. The first-order chi connectivity index (χ1) is 15.8. The Bertz CT molecular complexity index is 1090. The molecule has 0 saturated carbocycles. The molecule has 2 unspecified atom stereocenters. The molecule has 1 saturated heterocycles. The Morgan fingerprint density at radius 3 is 2.53 bits per heavy atom. The Morgan fingerprint density at radius 1 is 1.26 bits per heavy atom. The van der Waals surface area contributed by atoms with Crippen molar-refractivity contribution >= 4 is 40.9 Å². The predicted molar refractivity (Wildman–Crippen MR) is 122 cm³/mol. The standard InChI is InChI=1S/C23H23ClF3NO5S/c1-22(2,31-4)33-23(3)10-14(32-21(23)30)11-34-18-7-12(5-6-15(18)24)20(29)28-13-8-16(25)19(27)17(26)9-13/h5-9,14H,10-11H2,1-4H3,(H,28,29). The summed E-state index contributed by atoms with van der Waals surface area (Å²) in [4.78, 5) is 25.5. The topological polar surface area (TPSA) is 73.9 Å². The van der Waals surface area contributed by atoms with Gasteiger partial charge in [0.2, 0.25) is 0 Å². The van der Waals surface area contributed by atoms with E-state index in [1.165, 1.54) is 37.1 Å². The number of hydrogen-bond donors (Lipinski definition) is 1. The van der Waals surface area contributed by atoms with E-state index < -0.39 is 46.8 Å². The SMILES string of the molecule is COC(C)(C)OC1(C)CC(CSc2cc(C(=O)Nc3cc(F)c(F)c(F)c3)ccc2Cl)OC1=O. The van der Waals surface area contributed by atoms with Crippen molar-refractivity contribution in [1.82, 2.24) is 0 Å². The van der Waals surface area contributed by atoms with Gasteiger partial charge in [-0.1, -0.05) is 11.6 Å². The van der Waals surface area contributed by atoms with E-state index in [0.717, 1.165) is 0 Å². The lowest BCUT2D eigenvalue weighted by molar-refractivity contribution is -0.249. The molecule has 2 atom stereocenters. The summed E-state index contributed by atoms with van der Waals surface area (Å²) in [5.74, 6) is -6.26. The van der Waals surface area contributed by atoms with Crippen LogP contribution >= 0.6 is 23.4 Å². The van der Waals surface area contributed by atoms with Gasteiger partial charge in [0.25, 0.3) is 5.91 Å². The summed E-state index contributed by atoms with van der Waals surface area (Å²) in [6, 6.07) is 5.80. The third-order valence-electron chi connectivity index (χ3n) is 5.15. The number of cyclic esters (lactones) is 1. The molecule has 11 heteroatoms. The molecular formula is C23H23ClF3NO5S. The molecular weight excluding hydrogens is 495 g/mol. The molecule has 0 spiro atoms. The van der Waals surface area contributed by atoms with Crippen LogP contribution in [0.4, 0.5) is 18.9 Å².